The summed E-state index contributed by atoms with van der Waals surface area (Å²) in [5.41, 5.74) is 1.05. The monoisotopic (exact) mass is 362 g/mol. The van der Waals surface area contributed by atoms with Crippen LogP contribution in [0.5, 0.6) is 0 Å². The summed E-state index contributed by atoms with van der Waals surface area (Å²) >= 11 is 0. The van der Waals surface area contributed by atoms with Crippen LogP contribution in [-0.4, -0.2) is 27.1 Å². The van der Waals surface area contributed by atoms with E-state index in [-0.39, 0.29) is 5.79 Å². The molecule has 0 bridgehead atoms. The Labute approximate surface area is 155 Å². The first-order valence-corrected chi connectivity index (χ1v) is 13.8. The smallest absolute Gasteiger partial charge is 0.172 e. The molecule has 142 valence electrons. The minimum absolute atomic E-state index is 0.211. The van der Waals surface area contributed by atoms with Crippen molar-refractivity contribution in [1.29, 1.82) is 0 Å². The molecule has 2 spiro atoms. The van der Waals surface area contributed by atoms with Crippen molar-refractivity contribution in [2.75, 3.05) is 13.2 Å². The second kappa shape index (κ2) is 4.41. The molecule has 0 N–H and O–H groups in total. The number of rotatable bonds is 1. The molecule has 5 fully saturated rings. The maximum atomic E-state index is 6.42. The highest BCUT2D eigenvalue weighted by Gasteiger charge is 2.89. The fourth-order valence-electron chi connectivity index (χ4n) is 9.36. The van der Waals surface area contributed by atoms with Crippen molar-refractivity contribution in [2.24, 2.45) is 28.6 Å². The third-order valence-electron chi connectivity index (χ3n) is 10.9. The van der Waals surface area contributed by atoms with Crippen LogP contribution in [0, 0.1) is 28.6 Å². The zero-order valence-electron chi connectivity index (χ0n) is 17.5. The third kappa shape index (κ3) is 1.49. The van der Waals surface area contributed by atoms with Crippen LogP contribution in [-0.2, 0) is 9.47 Å². The van der Waals surface area contributed by atoms with E-state index < -0.39 is 8.07 Å². The summed E-state index contributed by atoms with van der Waals surface area (Å²) in [7, 11) is -1.50. The van der Waals surface area contributed by atoms with E-state index in [0.717, 1.165) is 25.0 Å². The molecule has 2 nitrogen and oxygen atoms in total. The Morgan fingerprint density at radius 3 is 2.20 bits per heavy atom. The molecule has 6 atom stereocenters. The quantitative estimate of drug-likeness (QED) is 0.545. The molecular formula is C22H38O2Si. The van der Waals surface area contributed by atoms with E-state index in [9.17, 15) is 0 Å². The second-order valence-corrected chi connectivity index (χ2v) is 17.9. The largest absolute Gasteiger partial charge is 0.347 e. The minimum Gasteiger partial charge on any atom is -0.347 e. The molecule has 5 rings (SSSR count). The SMILES string of the molecule is C[C@@H]1C[C@@]2([Si](C)(C)C(C)(C)C)CC[C@]3(C)C[C@H]4C5(CC1C432)OCCO5. The summed E-state index contributed by atoms with van der Waals surface area (Å²) in [6.45, 7) is 19.9. The minimum atomic E-state index is -1.50. The lowest BCUT2D eigenvalue weighted by Gasteiger charge is -2.69. The van der Waals surface area contributed by atoms with Gasteiger partial charge in [0.05, 0.1) is 21.3 Å². The molecule has 1 aliphatic heterocycles. The standard InChI is InChI=1S/C22H38O2Si/c1-15-12-20(25(6,7)18(2,3)4)9-8-19(5)14-17-21(23-10-11-24-21)13-16(15)22(17,19)20/h15-17H,8-14H2,1-7H3/t15-,16?,17+,19-,20+,22?/m1/s1. The topological polar surface area (TPSA) is 18.5 Å². The summed E-state index contributed by atoms with van der Waals surface area (Å²) in [6.07, 6.45) is 6.95. The number of hydrogen-bond acceptors (Lipinski definition) is 2. The molecule has 1 saturated heterocycles. The second-order valence-electron chi connectivity index (χ2n) is 12.1. The lowest BCUT2D eigenvalue weighted by Crippen LogP contribution is -2.66. The maximum absolute atomic E-state index is 6.42. The number of fused-ring (bicyclic) bond motifs is 1. The van der Waals surface area contributed by atoms with Crippen molar-refractivity contribution in [3.05, 3.63) is 0 Å². The predicted molar refractivity (Wildman–Crippen MR) is 104 cm³/mol. The van der Waals surface area contributed by atoms with Crippen molar-refractivity contribution in [1.82, 2.24) is 0 Å². The van der Waals surface area contributed by atoms with E-state index in [0.29, 0.717) is 26.8 Å². The van der Waals surface area contributed by atoms with Crippen molar-refractivity contribution >= 4 is 8.07 Å². The van der Waals surface area contributed by atoms with Gasteiger partial charge >= 0.3 is 0 Å². The van der Waals surface area contributed by atoms with Gasteiger partial charge in [-0.2, -0.15) is 0 Å². The fourth-order valence-corrected chi connectivity index (χ4v) is 14.1. The summed E-state index contributed by atoms with van der Waals surface area (Å²) in [4.78, 5) is 0. The highest BCUT2D eigenvalue weighted by atomic mass is 28.3. The molecule has 4 saturated carbocycles. The van der Waals surface area contributed by atoms with Gasteiger partial charge in [-0.25, -0.2) is 0 Å². The van der Waals surface area contributed by atoms with Gasteiger partial charge in [-0.05, 0) is 58.4 Å². The molecular weight excluding hydrogens is 324 g/mol. The highest BCUT2D eigenvalue weighted by molar-refractivity contribution is 6.83. The van der Waals surface area contributed by atoms with E-state index in [1.807, 2.05) is 0 Å². The lowest BCUT2D eigenvalue weighted by atomic mass is 9.43. The fraction of sp³-hybridized carbons (Fsp3) is 1.00. The average Bonchev–Trinajstić information content (AvgIpc) is 3.16. The van der Waals surface area contributed by atoms with Gasteiger partial charge in [-0.1, -0.05) is 47.7 Å². The Morgan fingerprint density at radius 2 is 1.60 bits per heavy atom. The summed E-state index contributed by atoms with van der Waals surface area (Å²) < 4.78 is 12.8. The Morgan fingerprint density at radius 1 is 0.960 bits per heavy atom. The van der Waals surface area contributed by atoms with Crippen LogP contribution < -0.4 is 0 Å². The van der Waals surface area contributed by atoms with E-state index in [1.54, 1.807) is 0 Å². The van der Waals surface area contributed by atoms with Crippen LogP contribution in [0.15, 0.2) is 0 Å². The van der Waals surface area contributed by atoms with Gasteiger partial charge < -0.3 is 9.47 Å². The highest BCUT2D eigenvalue weighted by Crippen LogP contribution is 2.94. The van der Waals surface area contributed by atoms with E-state index in [1.165, 1.54) is 32.1 Å². The van der Waals surface area contributed by atoms with E-state index in [2.05, 4.69) is 47.7 Å². The van der Waals surface area contributed by atoms with Gasteiger partial charge in [0.1, 0.15) is 0 Å². The number of ether oxygens (including phenoxy) is 2. The molecule has 5 aliphatic rings. The maximum Gasteiger partial charge on any atom is 0.172 e. The van der Waals surface area contributed by atoms with Gasteiger partial charge in [0.2, 0.25) is 0 Å². The molecule has 0 amide bonds. The van der Waals surface area contributed by atoms with Crippen LogP contribution in [0.25, 0.3) is 0 Å². The molecule has 4 aliphatic carbocycles. The van der Waals surface area contributed by atoms with Crippen LogP contribution in [0.2, 0.25) is 23.2 Å². The van der Waals surface area contributed by atoms with E-state index in [4.69, 9.17) is 9.47 Å². The molecule has 25 heavy (non-hydrogen) atoms. The summed E-state index contributed by atoms with van der Waals surface area (Å²) in [5.74, 6) is 2.12. The molecule has 0 aromatic carbocycles. The Balaban J connectivity index is 1.72. The van der Waals surface area contributed by atoms with Crippen molar-refractivity contribution in [3.8, 4) is 0 Å². The Kier molecular flexibility index (Phi) is 3.04. The van der Waals surface area contributed by atoms with Gasteiger partial charge in [-0.15, -0.1) is 0 Å². The van der Waals surface area contributed by atoms with Crippen molar-refractivity contribution in [2.45, 2.75) is 95.7 Å². The molecule has 0 radical (unpaired) electrons. The normalized spacial score (nSPS) is 53.2. The first-order chi connectivity index (χ1) is 11.5. The molecule has 0 aromatic rings. The third-order valence-corrected chi connectivity index (χ3v) is 17.9. The lowest BCUT2D eigenvalue weighted by molar-refractivity contribution is -0.253. The van der Waals surface area contributed by atoms with Gasteiger partial charge in [0.15, 0.2) is 5.79 Å². The zero-order valence-corrected chi connectivity index (χ0v) is 18.5. The van der Waals surface area contributed by atoms with Crippen LogP contribution in [0.4, 0.5) is 0 Å². The molecule has 2 unspecified atom stereocenters. The zero-order chi connectivity index (χ0) is 18.1. The van der Waals surface area contributed by atoms with Crippen molar-refractivity contribution < 1.29 is 9.47 Å². The van der Waals surface area contributed by atoms with Gasteiger partial charge in [0, 0.05) is 12.3 Å². The molecule has 0 aromatic heterocycles. The average molecular weight is 363 g/mol. The van der Waals surface area contributed by atoms with Crippen LogP contribution >= 0.6 is 0 Å². The molecule has 1 heterocycles. The Hall–Kier alpha value is 0.137. The van der Waals surface area contributed by atoms with Gasteiger partial charge in [0.25, 0.3) is 0 Å². The Bertz CT molecular complexity index is 616. The number of hydrogen-bond donors (Lipinski definition) is 0. The first-order valence-electron chi connectivity index (χ1n) is 10.8. The predicted octanol–water partition coefficient (Wildman–Crippen LogP) is 5.84. The van der Waals surface area contributed by atoms with Crippen LogP contribution in [0.3, 0.4) is 0 Å². The molecule has 3 heteroatoms. The summed E-state index contributed by atoms with van der Waals surface area (Å²) in [5, 5.41) is 1.04. The van der Waals surface area contributed by atoms with Crippen LogP contribution in [0.1, 0.15) is 66.7 Å². The first kappa shape index (κ1) is 17.2. The van der Waals surface area contributed by atoms with E-state index >= 15 is 0 Å². The van der Waals surface area contributed by atoms with Gasteiger partial charge in [-0.3, -0.25) is 0 Å². The van der Waals surface area contributed by atoms with Crippen molar-refractivity contribution in [3.63, 3.8) is 0 Å². The summed E-state index contributed by atoms with van der Waals surface area (Å²) in [6, 6.07) is 0.